The van der Waals surface area contributed by atoms with Crippen LogP contribution >= 0.6 is 11.6 Å². The number of Topliss-reactive ketones (excluding diaryl/α,β-unsaturated/α-hetero) is 1. The fourth-order valence-corrected chi connectivity index (χ4v) is 4.40. The van der Waals surface area contributed by atoms with Gasteiger partial charge in [-0.1, -0.05) is 50.1 Å². The fourth-order valence-electron chi connectivity index (χ4n) is 4.40. The molecule has 0 amide bonds. The highest BCUT2D eigenvalue weighted by molar-refractivity contribution is 6.15. The molecule has 1 aromatic carbocycles. The summed E-state index contributed by atoms with van der Waals surface area (Å²) in [5.41, 5.74) is 1.56. The zero-order valence-corrected chi connectivity index (χ0v) is 22.8. The Hall–Kier alpha value is -2.02. The molecule has 2 fully saturated rings. The van der Waals surface area contributed by atoms with E-state index in [0.29, 0.717) is 17.9 Å². The van der Waals surface area contributed by atoms with Crippen LogP contribution in [0.1, 0.15) is 63.9 Å². The molecule has 0 atom stereocenters. The van der Waals surface area contributed by atoms with Gasteiger partial charge in [-0.3, -0.25) is 9.59 Å². The third-order valence-electron chi connectivity index (χ3n) is 6.59. The summed E-state index contributed by atoms with van der Waals surface area (Å²) in [6.45, 7) is 7.84. The lowest BCUT2D eigenvalue weighted by Gasteiger charge is -2.28. The van der Waals surface area contributed by atoms with Crippen molar-refractivity contribution in [3.63, 3.8) is 0 Å². The molecule has 0 bridgehead atoms. The first-order valence-electron chi connectivity index (χ1n) is 13.3. The van der Waals surface area contributed by atoms with Crippen LogP contribution in [0.15, 0.2) is 48.1 Å². The monoisotopic (exact) mass is 523 g/mol. The third kappa shape index (κ3) is 14.5. The molecule has 4 rings (SSSR count). The molecule has 1 aliphatic carbocycles. The van der Waals surface area contributed by atoms with Gasteiger partial charge in [-0.2, -0.15) is 0 Å². The number of benzene rings is 1. The van der Waals surface area contributed by atoms with Gasteiger partial charge in [-0.05, 0) is 75.2 Å². The van der Waals surface area contributed by atoms with Crippen molar-refractivity contribution in [1.29, 1.82) is 0 Å². The quantitative estimate of drug-likeness (QED) is 0.476. The van der Waals surface area contributed by atoms with Crippen LogP contribution < -0.4 is 10.2 Å². The SMILES string of the molecule is C1CCNCC1.CCC1CC[NH+](CC(=O)C2=CCCC=C2)CC1.CCl.O=C(O)Cc1ccc(F)cc1. The summed E-state index contributed by atoms with van der Waals surface area (Å²) in [5, 5.41) is 11.6. The minimum Gasteiger partial charge on any atom is -0.481 e. The summed E-state index contributed by atoms with van der Waals surface area (Å²) < 4.78 is 12.3. The number of carbonyl (C=O) groups is 2. The van der Waals surface area contributed by atoms with Crippen LogP contribution in [0, 0.1) is 11.7 Å². The Morgan fingerprint density at radius 2 is 1.69 bits per heavy atom. The summed E-state index contributed by atoms with van der Waals surface area (Å²) in [7, 11) is 0. The van der Waals surface area contributed by atoms with Crippen LogP contribution in [-0.2, 0) is 16.0 Å². The largest absolute Gasteiger partial charge is 0.481 e. The molecule has 202 valence electrons. The number of rotatable bonds is 6. The molecule has 3 N–H and O–H groups in total. The van der Waals surface area contributed by atoms with E-state index in [9.17, 15) is 14.0 Å². The lowest BCUT2D eigenvalue weighted by Crippen LogP contribution is -3.14. The van der Waals surface area contributed by atoms with E-state index in [1.54, 1.807) is 0 Å². The normalized spacial score (nSPS) is 20.7. The molecule has 2 heterocycles. The Labute approximate surface area is 221 Å². The van der Waals surface area contributed by atoms with Gasteiger partial charge < -0.3 is 15.3 Å². The van der Waals surface area contributed by atoms with Gasteiger partial charge in [0, 0.05) is 12.0 Å². The second-order valence-corrected chi connectivity index (χ2v) is 9.35. The molecule has 0 saturated carbocycles. The van der Waals surface area contributed by atoms with Gasteiger partial charge in [0.1, 0.15) is 12.4 Å². The van der Waals surface area contributed by atoms with Crippen LogP contribution in [0.3, 0.4) is 0 Å². The first kappa shape index (κ1) is 32.0. The maximum absolute atomic E-state index is 12.3. The number of carboxylic acids is 1. The van der Waals surface area contributed by atoms with E-state index >= 15 is 0 Å². The van der Waals surface area contributed by atoms with E-state index < -0.39 is 5.97 Å². The van der Waals surface area contributed by atoms with Crippen molar-refractivity contribution in [3.8, 4) is 0 Å². The van der Waals surface area contributed by atoms with Gasteiger partial charge >= 0.3 is 5.97 Å². The predicted octanol–water partition coefficient (Wildman–Crippen LogP) is 4.60. The zero-order chi connectivity index (χ0) is 26.6. The number of hydrogen-bond donors (Lipinski definition) is 3. The average Bonchev–Trinajstić information content (AvgIpc) is 2.93. The van der Waals surface area contributed by atoms with Crippen molar-refractivity contribution in [1.82, 2.24) is 5.32 Å². The Kier molecular flexibility index (Phi) is 17.9. The van der Waals surface area contributed by atoms with Crippen molar-refractivity contribution in [2.24, 2.45) is 5.92 Å². The third-order valence-corrected chi connectivity index (χ3v) is 6.59. The molecule has 36 heavy (non-hydrogen) atoms. The molecule has 7 heteroatoms. The molecule has 0 unspecified atom stereocenters. The highest BCUT2D eigenvalue weighted by Crippen LogP contribution is 2.13. The number of hydrogen-bond acceptors (Lipinski definition) is 3. The Morgan fingerprint density at radius 1 is 1.06 bits per heavy atom. The number of nitrogens with one attached hydrogen (secondary N) is 2. The number of piperidine rings is 2. The highest BCUT2D eigenvalue weighted by atomic mass is 35.5. The molecule has 0 radical (unpaired) electrons. The number of quaternary nitrogens is 1. The van der Waals surface area contributed by atoms with Crippen LogP contribution in [0.4, 0.5) is 4.39 Å². The maximum Gasteiger partial charge on any atom is 0.307 e. The first-order valence-corrected chi connectivity index (χ1v) is 14.0. The number of alkyl halides is 1. The number of allylic oxidation sites excluding steroid dienone is 3. The highest BCUT2D eigenvalue weighted by Gasteiger charge is 2.23. The van der Waals surface area contributed by atoms with E-state index in [1.807, 2.05) is 6.08 Å². The molecule has 2 aliphatic heterocycles. The van der Waals surface area contributed by atoms with E-state index in [1.165, 1.54) is 100 Å². The summed E-state index contributed by atoms with van der Waals surface area (Å²) in [5.74, 6) is -0.00992. The number of aliphatic carboxylic acids is 1. The van der Waals surface area contributed by atoms with Crippen LogP contribution in [0.5, 0.6) is 0 Å². The smallest absolute Gasteiger partial charge is 0.307 e. The van der Waals surface area contributed by atoms with Crippen LogP contribution in [0.25, 0.3) is 0 Å². The fraction of sp³-hybridized carbons (Fsp3) is 0.586. The van der Waals surface area contributed by atoms with Gasteiger partial charge in [-0.15, -0.1) is 11.6 Å². The second-order valence-electron chi connectivity index (χ2n) is 9.35. The standard InChI is InChI=1S/C15H23NO.C8H7FO2.C5H11N.CH3Cl/c1-2-13-8-10-16(11-9-13)12-15(17)14-6-4-3-5-7-14;9-7-3-1-6(2-4-7)5-8(10)11;1-2-4-6-5-3-1;1-2/h4,6-7,13H,2-3,5,8-12H2,1H3;1-4H,5H2,(H,10,11);6H,1-5H2;1H3/p+1. The van der Waals surface area contributed by atoms with Gasteiger partial charge in [-0.25, -0.2) is 4.39 Å². The van der Waals surface area contributed by atoms with Crippen LogP contribution in [0.2, 0.25) is 0 Å². The Balaban J connectivity index is 0.000000291. The predicted molar refractivity (Wildman–Crippen MR) is 146 cm³/mol. The maximum atomic E-state index is 12.3. The summed E-state index contributed by atoms with van der Waals surface area (Å²) >= 11 is 4.64. The van der Waals surface area contributed by atoms with Crippen molar-refractivity contribution in [2.45, 2.75) is 64.7 Å². The van der Waals surface area contributed by atoms with Crippen molar-refractivity contribution >= 4 is 23.4 Å². The van der Waals surface area contributed by atoms with E-state index in [2.05, 4.69) is 36.0 Å². The lowest BCUT2D eigenvalue weighted by molar-refractivity contribution is -0.898. The van der Waals surface area contributed by atoms with Crippen molar-refractivity contribution in [3.05, 3.63) is 59.4 Å². The van der Waals surface area contributed by atoms with E-state index in [4.69, 9.17) is 5.11 Å². The lowest BCUT2D eigenvalue weighted by atomic mass is 9.94. The molecular formula is C29H45ClFN2O3+. The number of carbonyl (C=O) groups excluding carboxylic acids is 1. The van der Waals surface area contributed by atoms with Crippen molar-refractivity contribution in [2.75, 3.05) is 39.1 Å². The summed E-state index contributed by atoms with van der Waals surface area (Å²) in [6.07, 6.45) is 17.9. The molecular weight excluding hydrogens is 479 g/mol. The first-order chi connectivity index (χ1) is 17.5. The van der Waals surface area contributed by atoms with Crippen molar-refractivity contribution < 1.29 is 24.0 Å². The van der Waals surface area contributed by atoms with E-state index in [-0.39, 0.29) is 12.2 Å². The zero-order valence-electron chi connectivity index (χ0n) is 22.0. The molecule has 2 saturated heterocycles. The van der Waals surface area contributed by atoms with Gasteiger partial charge in [0.25, 0.3) is 0 Å². The molecule has 0 aromatic heterocycles. The van der Waals surface area contributed by atoms with Gasteiger partial charge in [0.15, 0.2) is 0 Å². The van der Waals surface area contributed by atoms with E-state index in [0.717, 1.165) is 24.3 Å². The topological polar surface area (TPSA) is 70.8 Å². The Bertz CT molecular complexity index is 788. The number of carboxylic acid groups (broad SMARTS) is 1. The number of halogens is 2. The van der Waals surface area contributed by atoms with Gasteiger partial charge in [0.05, 0.1) is 19.5 Å². The molecule has 5 nitrogen and oxygen atoms in total. The minimum atomic E-state index is -0.906. The summed E-state index contributed by atoms with van der Waals surface area (Å²) in [4.78, 5) is 23.7. The summed E-state index contributed by atoms with van der Waals surface area (Å²) in [6, 6.07) is 5.42. The molecule has 1 aromatic rings. The van der Waals surface area contributed by atoms with Gasteiger partial charge in [0.2, 0.25) is 5.78 Å². The van der Waals surface area contributed by atoms with Crippen LogP contribution in [-0.4, -0.2) is 56.0 Å². The second kappa shape index (κ2) is 20.1. The average molecular weight is 524 g/mol. The minimum absolute atomic E-state index is 0.0553. The Morgan fingerprint density at radius 3 is 2.14 bits per heavy atom. The number of ketones is 1. The number of likely N-dealkylation sites (tertiary alicyclic amines) is 1. The molecule has 0 spiro atoms. The molecule has 3 aliphatic rings.